The molecule has 3 nitrogen and oxygen atoms in total. The van der Waals surface area contributed by atoms with Gasteiger partial charge in [-0.25, -0.2) is 0 Å². The molecule has 0 bridgehead atoms. The van der Waals surface area contributed by atoms with Crippen LogP contribution in [-0.2, 0) is 4.79 Å². The third-order valence-corrected chi connectivity index (χ3v) is 4.01. The van der Waals surface area contributed by atoms with Crippen molar-refractivity contribution in [3.63, 3.8) is 0 Å². The molecule has 3 heteroatoms. The maximum atomic E-state index is 12.1. The van der Waals surface area contributed by atoms with Gasteiger partial charge in [0.25, 0.3) is 0 Å². The molecule has 0 aromatic carbocycles. The van der Waals surface area contributed by atoms with Gasteiger partial charge in [-0.2, -0.15) is 0 Å². The first-order chi connectivity index (χ1) is 8.69. The van der Waals surface area contributed by atoms with Crippen LogP contribution in [0.3, 0.4) is 0 Å². The summed E-state index contributed by atoms with van der Waals surface area (Å²) in [5.41, 5.74) is 0. The second-order valence-electron chi connectivity index (χ2n) is 5.62. The molecule has 1 saturated heterocycles. The largest absolute Gasteiger partial charge is 0.356 e. The van der Waals surface area contributed by atoms with E-state index in [4.69, 9.17) is 0 Å². The molecule has 2 unspecified atom stereocenters. The number of unbranched alkanes of at least 4 members (excludes halogenated alkanes) is 2. The molecule has 1 rings (SSSR count). The first kappa shape index (κ1) is 15.5. The molecule has 106 valence electrons. The van der Waals surface area contributed by atoms with Gasteiger partial charge in [0.05, 0.1) is 5.92 Å². The average molecular weight is 254 g/mol. The highest BCUT2D eigenvalue weighted by atomic mass is 16.1. The lowest BCUT2D eigenvalue weighted by molar-refractivity contribution is -0.127. The van der Waals surface area contributed by atoms with E-state index < -0.39 is 0 Å². The van der Waals surface area contributed by atoms with Gasteiger partial charge in [0.2, 0.25) is 5.91 Å². The molecule has 1 aliphatic rings. The monoisotopic (exact) mass is 254 g/mol. The Labute approximate surface area is 112 Å². The minimum absolute atomic E-state index is 0.218. The van der Waals surface area contributed by atoms with Crippen LogP contribution in [0.1, 0.15) is 59.3 Å². The van der Waals surface area contributed by atoms with Crippen molar-refractivity contribution in [1.29, 1.82) is 0 Å². The number of carbonyl (C=O) groups excluding carboxylic acids is 1. The van der Waals surface area contributed by atoms with Crippen molar-refractivity contribution in [2.24, 2.45) is 5.92 Å². The fourth-order valence-corrected chi connectivity index (χ4v) is 2.60. The Hall–Kier alpha value is -0.570. The van der Waals surface area contributed by atoms with E-state index in [1.165, 1.54) is 12.8 Å². The van der Waals surface area contributed by atoms with E-state index in [2.05, 4.69) is 31.0 Å². The van der Waals surface area contributed by atoms with Gasteiger partial charge in [0, 0.05) is 19.1 Å². The first-order valence-electron chi connectivity index (χ1n) is 7.70. The Balaban J connectivity index is 2.35. The highest BCUT2D eigenvalue weighted by Gasteiger charge is 2.29. The standard InChI is InChI=1S/C15H30N2O/c1-4-6-10-16-15(18)14-9-8-13(3)17(12-14)11-7-5-2/h13-14H,4-12H2,1-3H3,(H,16,18). The van der Waals surface area contributed by atoms with Crippen LogP contribution < -0.4 is 5.32 Å². The molecule has 2 atom stereocenters. The lowest BCUT2D eigenvalue weighted by Gasteiger charge is -2.37. The number of piperidine rings is 1. The van der Waals surface area contributed by atoms with Crippen molar-refractivity contribution < 1.29 is 4.79 Å². The molecule has 0 saturated carbocycles. The maximum Gasteiger partial charge on any atom is 0.224 e. The molecule has 0 aliphatic carbocycles. The molecule has 1 N–H and O–H groups in total. The van der Waals surface area contributed by atoms with E-state index in [9.17, 15) is 4.79 Å². The zero-order valence-corrected chi connectivity index (χ0v) is 12.4. The van der Waals surface area contributed by atoms with Gasteiger partial charge in [0.1, 0.15) is 0 Å². The number of hydrogen-bond donors (Lipinski definition) is 1. The van der Waals surface area contributed by atoms with Crippen LogP contribution in [0.25, 0.3) is 0 Å². The van der Waals surface area contributed by atoms with Gasteiger partial charge in [0.15, 0.2) is 0 Å². The molecule has 0 radical (unpaired) electrons. The second-order valence-corrected chi connectivity index (χ2v) is 5.62. The van der Waals surface area contributed by atoms with Gasteiger partial charge in [-0.1, -0.05) is 26.7 Å². The summed E-state index contributed by atoms with van der Waals surface area (Å²) in [6.45, 7) is 9.62. The zero-order valence-electron chi connectivity index (χ0n) is 12.4. The molecule has 1 heterocycles. The van der Waals surface area contributed by atoms with Crippen molar-refractivity contribution in [2.45, 2.75) is 65.3 Å². The van der Waals surface area contributed by atoms with Crippen molar-refractivity contribution in [2.75, 3.05) is 19.6 Å². The molecule has 1 fully saturated rings. The third kappa shape index (κ3) is 4.97. The molecule has 0 aromatic heterocycles. The van der Waals surface area contributed by atoms with Crippen LogP contribution in [-0.4, -0.2) is 36.5 Å². The molecular formula is C15H30N2O. The van der Waals surface area contributed by atoms with Crippen LogP contribution in [0, 0.1) is 5.92 Å². The topological polar surface area (TPSA) is 32.3 Å². The third-order valence-electron chi connectivity index (χ3n) is 4.01. The molecule has 1 amide bonds. The quantitative estimate of drug-likeness (QED) is 0.709. The predicted octanol–water partition coefficient (Wildman–Crippen LogP) is 2.80. The molecular weight excluding hydrogens is 224 g/mol. The fourth-order valence-electron chi connectivity index (χ4n) is 2.60. The summed E-state index contributed by atoms with van der Waals surface area (Å²) in [4.78, 5) is 14.6. The number of rotatable bonds is 7. The summed E-state index contributed by atoms with van der Waals surface area (Å²) in [5.74, 6) is 0.492. The number of hydrogen-bond acceptors (Lipinski definition) is 2. The summed E-state index contributed by atoms with van der Waals surface area (Å²) >= 11 is 0. The summed E-state index contributed by atoms with van der Waals surface area (Å²) in [6, 6.07) is 0.649. The van der Waals surface area contributed by atoms with Crippen molar-refractivity contribution >= 4 is 5.91 Å². The Bertz CT molecular complexity index is 243. The Morgan fingerprint density at radius 3 is 2.61 bits per heavy atom. The van der Waals surface area contributed by atoms with Crippen molar-refractivity contribution in [1.82, 2.24) is 10.2 Å². The Kier molecular flexibility index (Phi) is 7.33. The van der Waals surface area contributed by atoms with Crippen molar-refractivity contribution in [3.05, 3.63) is 0 Å². The lowest BCUT2D eigenvalue weighted by Crippen LogP contribution is -2.47. The number of likely N-dealkylation sites (tertiary alicyclic amines) is 1. The number of nitrogens with one attached hydrogen (secondary N) is 1. The van der Waals surface area contributed by atoms with Crippen LogP contribution in [0.4, 0.5) is 0 Å². The number of nitrogens with zero attached hydrogens (tertiary/aromatic N) is 1. The second kappa shape index (κ2) is 8.52. The summed E-state index contributed by atoms with van der Waals surface area (Å²) in [7, 11) is 0. The molecule has 1 aliphatic heterocycles. The predicted molar refractivity (Wildman–Crippen MR) is 76.6 cm³/mol. The van der Waals surface area contributed by atoms with E-state index in [-0.39, 0.29) is 11.8 Å². The minimum atomic E-state index is 0.218. The Morgan fingerprint density at radius 1 is 1.22 bits per heavy atom. The SMILES string of the molecule is CCCCNC(=O)C1CCC(C)N(CCCC)C1. The Morgan fingerprint density at radius 2 is 1.94 bits per heavy atom. The van der Waals surface area contributed by atoms with Gasteiger partial charge in [-0.05, 0) is 39.2 Å². The minimum Gasteiger partial charge on any atom is -0.356 e. The lowest BCUT2D eigenvalue weighted by atomic mass is 9.92. The molecule has 18 heavy (non-hydrogen) atoms. The van der Waals surface area contributed by atoms with E-state index in [1.54, 1.807) is 0 Å². The first-order valence-corrected chi connectivity index (χ1v) is 7.70. The van der Waals surface area contributed by atoms with Gasteiger partial charge in [-0.3, -0.25) is 9.69 Å². The normalized spacial score (nSPS) is 25.1. The summed E-state index contributed by atoms with van der Waals surface area (Å²) in [6.07, 6.45) is 6.93. The number of carbonyl (C=O) groups is 1. The highest BCUT2D eigenvalue weighted by Crippen LogP contribution is 2.22. The van der Waals surface area contributed by atoms with Crippen LogP contribution in [0.2, 0.25) is 0 Å². The van der Waals surface area contributed by atoms with Gasteiger partial charge >= 0.3 is 0 Å². The highest BCUT2D eigenvalue weighted by molar-refractivity contribution is 5.78. The van der Waals surface area contributed by atoms with Gasteiger partial charge < -0.3 is 5.32 Å². The fraction of sp³-hybridized carbons (Fsp3) is 0.933. The maximum absolute atomic E-state index is 12.1. The van der Waals surface area contributed by atoms with E-state index in [0.29, 0.717) is 6.04 Å². The average Bonchev–Trinajstić information content (AvgIpc) is 2.38. The number of amides is 1. The van der Waals surface area contributed by atoms with Crippen molar-refractivity contribution in [3.8, 4) is 0 Å². The van der Waals surface area contributed by atoms with E-state index >= 15 is 0 Å². The van der Waals surface area contributed by atoms with E-state index in [1.807, 2.05) is 0 Å². The smallest absolute Gasteiger partial charge is 0.224 e. The van der Waals surface area contributed by atoms with Gasteiger partial charge in [-0.15, -0.1) is 0 Å². The summed E-state index contributed by atoms with van der Waals surface area (Å²) in [5, 5.41) is 3.08. The van der Waals surface area contributed by atoms with E-state index in [0.717, 1.165) is 45.3 Å². The zero-order chi connectivity index (χ0) is 13.4. The molecule has 0 aromatic rings. The van der Waals surface area contributed by atoms with Crippen LogP contribution in [0.15, 0.2) is 0 Å². The van der Waals surface area contributed by atoms with Crippen LogP contribution in [0.5, 0.6) is 0 Å². The molecule has 0 spiro atoms. The summed E-state index contributed by atoms with van der Waals surface area (Å²) < 4.78 is 0. The van der Waals surface area contributed by atoms with Crippen LogP contribution >= 0.6 is 0 Å².